The summed E-state index contributed by atoms with van der Waals surface area (Å²) in [7, 11) is 0. The van der Waals surface area contributed by atoms with E-state index in [1.165, 1.54) is 11.3 Å². The molecule has 2 heterocycles. The Kier molecular flexibility index (Phi) is 7.60. The van der Waals surface area contributed by atoms with Crippen LogP contribution in [0.4, 0.5) is 5.13 Å². The lowest BCUT2D eigenvalue weighted by atomic mass is 10.3. The minimum Gasteiger partial charge on any atom is -0.358 e. The van der Waals surface area contributed by atoms with Crippen molar-refractivity contribution >= 4 is 34.6 Å². The molecule has 0 spiro atoms. The van der Waals surface area contributed by atoms with Crippen LogP contribution in [0.5, 0.6) is 0 Å². The van der Waals surface area contributed by atoms with Gasteiger partial charge in [0.2, 0.25) is 11.0 Å². The van der Waals surface area contributed by atoms with Crippen molar-refractivity contribution in [1.29, 1.82) is 0 Å². The highest BCUT2D eigenvalue weighted by Gasteiger charge is 2.19. The predicted octanol–water partition coefficient (Wildman–Crippen LogP) is 1.60. The van der Waals surface area contributed by atoms with Crippen LogP contribution in [-0.4, -0.2) is 70.8 Å². The lowest BCUT2D eigenvalue weighted by Gasteiger charge is -2.33. The number of nitrogens with one attached hydrogen (secondary N) is 2. The van der Waals surface area contributed by atoms with Gasteiger partial charge in [-0.1, -0.05) is 18.3 Å². The Balaban J connectivity index is 1.78. The maximum Gasteiger partial charge on any atom is 0.234 e. The van der Waals surface area contributed by atoms with Gasteiger partial charge < -0.3 is 10.6 Å². The zero-order chi connectivity index (χ0) is 17.5. The van der Waals surface area contributed by atoms with E-state index in [-0.39, 0.29) is 5.91 Å². The van der Waals surface area contributed by atoms with Crippen LogP contribution in [0.3, 0.4) is 0 Å². The predicted molar refractivity (Wildman–Crippen MR) is 101 cm³/mol. The zero-order valence-electron chi connectivity index (χ0n) is 14.7. The van der Waals surface area contributed by atoms with E-state index in [4.69, 9.17) is 12.2 Å². The lowest BCUT2D eigenvalue weighted by molar-refractivity contribution is -0.122. The van der Waals surface area contributed by atoms with Crippen LogP contribution in [-0.2, 0) is 11.5 Å². The van der Waals surface area contributed by atoms with Crippen LogP contribution in [0, 0.1) is 3.95 Å². The average molecular weight is 373 g/mol. The molecule has 1 fully saturated rings. The van der Waals surface area contributed by atoms with Crippen LogP contribution in [0.2, 0.25) is 0 Å². The van der Waals surface area contributed by atoms with Gasteiger partial charge in [0.25, 0.3) is 0 Å². The third-order valence-corrected chi connectivity index (χ3v) is 5.00. The summed E-state index contributed by atoms with van der Waals surface area (Å²) >= 11 is 6.92. The van der Waals surface area contributed by atoms with Crippen LogP contribution in [0.25, 0.3) is 0 Å². The fraction of sp³-hybridized carbons (Fsp3) is 0.800. The molecule has 1 aliphatic rings. The number of rotatable bonds is 8. The molecule has 0 aromatic carbocycles. The number of carbonyl (C=O) groups is 1. The molecule has 0 aliphatic carbocycles. The Morgan fingerprint density at radius 1 is 1.29 bits per heavy atom. The second kappa shape index (κ2) is 9.45. The highest BCUT2D eigenvalue weighted by atomic mass is 32.1. The van der Waals surface area contributed by atoms with Crippen molar-refractivity contribution in [1.82, 2.24) is 24.9 Å². The summed E-state index contributed by atoms with van der Waals surface area (Å²) in [5.41, 5.74) is 0. The third-order valence-electron chi connectivity index (χ3n) is 3.76. The molecule has 2 rings (SSSR count). The Hall–Kier alpha value is -1.03. The monoisotopic (exact) mass is 372 g/mol. The van der Waals surface area contributed by atoms with Crippen molar-refractivity contribution < 1.29 is 4.79 Å². The topological polar surface area (TPSA) is 65.4 Å². The minimum atomic E-state index is 0.122. The number of carbonyl (C=O) groups excluding carboxylic acids is 1. The van der Waals surface area contributed by atoms with E-state index in [1.54, 1.807) is 0 Å². The second-order valence-electron chi connectivity index (χ2n) is 6.36. The average Bonchev–Trinajstić information content (AvgIpc) is 2.86. The molecule has 7 nitrogen and oxygen atoms in total. The first kappa shape index (κ1) is 19.3. The molecule has 2 N–H and O–H groups in total. The van der Waals surface area contributed by atoms with E-state index in [0.29, 0.717) is 19.3 Å². The van der Waals surface area contributed by atoms with Gasteiger partial charge in [-0.25, -0.2) is 4.68 Å². The van der Waals surface area contributed by atoms with Crippen molar-refractivity contribution in [3.05, 3.63) is 3.95 Å². The Bertz CT molecular complexity index is 577. The van der Waals surface area contributed by atoms with Crippen molar-refractivity contribution in [2.75, 3.05) is 44.6 Å². The van der Waals surface area contributed by atoms with E-state index in [0.717, 1.165) is 48.2 Å². The Labute approximate surface area is 153 Å². The fourth-order valence-corrected chi connectivity index (χ4v) is 3.64. The van der Waals surface area contributed by atoms with Gasteiger partial charge in [0.15, 0.2) is 3.95 Å². The quantitative estimate of drug-likeness (QED) is 0.676. The molecule has 0 saturated carbocycles. The highest BCUT2D eigenvalue weighted by molar-refractivity contribution is 7.73. The Morgan fingerprint density at radius 3 is 2.58 bits per heavy atom. The van der Waals surface area contributed by atoms with Gasteiger partial charge in [-0.05, 0) is 32.5 Å². The molecule has 0 radical (unpaired) electrons. The van der Waals surface area contributed by atoms with Gasteiger partial charge in [-0.15, -0.1) is 5.10 Å². The zero-order valence-corrected chi connectivity index (χ0v) is 16.4. The number of anilines is 1. The van der Waals surface area contributed by atoms with Gasteiger partial charge in [0.1, 0.15) is 0 Å². The number of piperazine rings is 1. The normalized spacial score (nSPS) is 16.5. The first-order valence-corrected chi connectivity index (χ1v) is 9.76. The molecule has 24 heavy (non-hydrogen) atoms. The maximum atomic E-state index is 11.8. The number of nitrogens with zero attached hydrogens (tertiary/aromatic N) is 4. The van der Waals surface area contributed by atoms with Gasteiger partial charge in [-0.3, -0.25) is 14.6 Å². The largest absolute Gasteiger partial charge is 0.358 e. The van der Waals surface area contributed by atoms with Crippen LogP contribution in [0.15, 0.2) is 0 Å². The maximum absolute atomic E-state index is 11.8. The molecule has 9 heteroatoms. The summed E-state index contributed by atoms with van der Waals surface area (Å²) < 4.78 is 2.67. The number of amides is 1. The minimum absolute atomic E-state index is 0.122. The number of aromatic nitrogens is 2. The highest BCUT2D eigenvalue weighted by Crippen LogP contribution is 2.16. The van der Waals surface area contributed by atoms with E-state index < -0.39 is 0 Å². The summed E-state index contributed by atoms with van der Waals surface area (Å²) in [5.74, 6) is 0.122. The van der Waals surface area contributed by atoms with Crippen molar-refractivity contribution in [2.45, 2.75) is 39.9 Å². The van der Waals surface area contributed by atoms with Gasteiger partial charge in [-0.2, -0.15) is 0 Å². The van der Waals surface area contributed by atoms with Crippen LogP contribution in [0.1, 0.15) is 27.2 Å². The molecule has 1 amide bonds. The number of hydrogen-bond acceptors (Lipinski definition) is 7. The summed E-state index contributed by atoms with van der Waals surface area (Å²) in [6, 6.07) is 0.349. The summed E-state index contributed by atoms with van der Waals surface area (Å²) in [4.78, 5) is 16.3. The van der Waals surface area contributed by atoms with E-state index in [9.17, 15) is 4.79 Å². The summed E-state index contributed by atoms with van der Waals surface area (Å²) in [5, 5.41) is 11.6. The lowest BCUT2D eigenvalue weighted by Crippen LogP contribution is -2.49. The first-order chi connectivity index (χ1) is 11.5. The molecule has 1 saturated heterocycles. The molecule has 0 atom stereocenters. The van der Waals surface area contributed by atoms with Gasteiger partial charge in [0, 0.05) is 38.8 Å². The molecule has 1 aromatic heterocycles. The molecule has 136 valence electrons. The van der Waals surface area contributed by atoms with Gasteiger partial charge >= 0.3 is 0 Å². The molecular weight excluding hydrogens is 344 g/mol. The van der Waals surface area contributed by atoms with Crippen molar-refractivity contribution in [2.24, 2.45) is 0 Å². The number of hydrogen-bond donors (Lipinski definition) is 2. The molecule has 1 aliphatic heterocycles. The van der Waals surface area contributed by atoms with Crippen LogP contribution >= 0.6 is 23.6 Å². The summed E-state index contributed by atoms with van der Waals surface area (Å²) in [6.45, 7) is 11.8. The van der Waals surface area contributed by atoms with Crippen LogP contribution < -0.4 is 10.6 Å². The fourth-order valence-electron chi connectivity index (χ4n) is 2.50. The second-order valence-corrected chi connectivity index (χ2v) is 7.98. The van der Waals surface area contributed by atoms with Crippen molar-refractivity contribution in [3.8, 4) is 0 Å². The van der Waals surface area contributed by atoms with Crippen molar-refractivity contribution in [3.63, 3.8) is 0 Å². The van der Waals surface area contributed by atoms with E-state index in [1.807, 2.05) is 4.68 Å². The molecule has 0 unspecified atom stereocenters. The first-order valence-electron chi connectivity index (χ1n) is 8.53. The molecule has 0 bridgehead atoms. The SMILES string of the molecule is CCCNC(=O)CN1CCN(Cn2nc(NC(C)C)sc2=S)CC1. The van der Waals surface area contributed by atoms with Gasteiger partial charge in [0.05, 0.1) is 13.2 Å². The Morgan fingerprint density at radius 2 is 1.96 bits per heavy atom. The summed E-state index contributed by atoms with van der Waals surface area (Å²) in [6.07, 6.45) is 0.974. The third kappa shape index (κ3) is 6.12. The smallest absolute Gasteiger partial charge is 0.234 e. The van der Waals surface area contributed by atoms with E-state index in [2.05, 4.69) is 46.3 Å². The molecular formula is C15H28N6OS2. The van der Waals surface area contributed by atoms with E-state index >= 15 is 0 Å². The standard InChI is InChI=1S/C15H28N6OS2/c1-4-5-16-13(22)10-19-6-8-20(9-7-19)11-21-15(23)24-14(18-21)17-12(2)3/h12H,4-11H2,1-3H3,(H,16,22)(H,17,18). The molecule has 1 aromatic rings.